The molecular weight excluding hydrogens is 212 g/mol. The molecule has 0 aromatic carbocycles. The van der Waals surface area contributed by atoms with Crippen LogP contribution < -0.4 is 5.73 Å². The molecule has 1 saturated heterocycles. The summed E-state index contributed by atoms with van der Waals surface area (Å²) in [7, 11) is 0. The highest BCUT2D eigenvalue weighted by Gasteiger charge is 2.29. The Hall–Kier alpha value is -0.570. The first-order chi connectivity index (χ1) is 7.87. The molecule has 100 valence electrons. The first-order valence-corrected chi connectivity index (χ1v) is 6.92. The highest BCUT2D eigenvalue weighted by Crippen LogP contribution is 2.30. The van der Waals surface area contributed by atoms with Crippen LogP contribution >= 0.6 is 0 Å². The summed E-state index contributed by atoms with van der Waals surface area (Å²) >= 11 is 0. The van der Waals surface area contributed by atoms with Gasteiger partial charge < -0.3 is 10.6 Å². The van der Waals surface area contributed by atoms with Crippen molar-refractivity contribution in [3.8, 4) is 0 Å². The zero-order valence-corrected chi connectivity index (χ0v) is 11.8. The van der Waals surface area contributed by atoms with Gasteiger partial charge in [-0.3, -0.25) is 4.79 Å². The molecule has 2 atom stereocenters. The zero-order valence-electron chi connectivity index (χ0n) is 11.8. The number of carbonyl (C=O) groups is 1. The number of nitrogens with two attached hydrogens (primary N) is 1. The summed E-state index contributed by atoms with van der Waals surface area (Å²) in [5.74, 6) is 0.427. The molecule has 0 spiro atoms. The van der Waals surface area contributed by atoms with Crippen LogP contribution in [0.4, 0.5) is 0 Å². The van der Waals surface area contributed by atoms with E-state index in [1.165, 1.54) is 6.42 Å². The number of nitrogens with zero attached hydrogens (tertiary/aromatic N) is 1. The van der Waals surface area contributed by atoms with E-state index < -0.39 is 0 Å². The molecular formula is C14H28N2O. The van der Waals surface area contributed by atoms with Gasteiger partial charge in [-0.15, -0.1) is 0 Å². The van der Waals surface area contributed by atoms with Gasteiger partial charge in [0.25, 0.3) is 0 Å². The molecule has 1 aliphatic heterocycles. The van der Waals surface area contributed by atoms with E-state index in [9.17, 15) is 4.79 Å². The molecule has 3 nitrogen and oxygen atoms in total. The molecule has 3 heteroatoms. The second kappa shape index (κ2) is 5.85. The van der Waals surface area contributed by atoms with E-state index in [1.807, 2.05) is 4.90 Å². The highest BCUT2D eigenvalue weighted by atomic mass is 16.2. The van der Waals surface area contributed by atoms with Crippen molar-refractivity contribution in [1.82, 2.24) is 4.90 Å². The van der Waals surface area contributed by atoms with Crippen molar-refractivity contribution in [3.63, 3.8) is 0 Å². The number of amides is 1. The first kappa shape index (κ1) is 14.5. The Balaban J connectivity index is 2.58. The average molecular weight is 240 g/mol. The van der Waals surface area contributed by atoms with E-state index in [-0.39, 0.29) is 17.9 Å². The molecule has 1 fully saturated rings. The standard InChI is InChI=1S/C14H28N2O/c1-5-11(2)12(15)13(17)16-9-6-7-14(3,4)8-10-16/h11-12H,5-10,15H2,1-4H3. The third-order valence-electron chi connectivity index (χ3n) is 4.19. The molecule has 0 bridgehead atoms. The van der Waals surface area contributed by atoms with Gasteiger partial charge in [-0.2, -0.15) is 0 Å². The molecule has 0 saturated carbocycles. The Morgan fingerprint density at radius 1 is 1.35 bits per heavy atom. The summed E-state index contributed by atoms with van der Waals surface area (Å²) in [6, 6.07) is -0.318. The molecule has 1 heterocycles. The number of hydrogen-bond acceptors (Lipinski definition) is 2. The van der Waals surface area contributed by atoms with Crippen LogP contribution in [-0.2, 0) is 4.79 Å². The summed E-state index contributed by atoms with van der Waals surface area (Å²) in [4.78, 5) is 14.2. The Kier molecular flexibility index (Phi) is 4.99. The van der Waals surface area contributed by atoms with Gasteiger partial charge in [-0.25, -0.2) is 0 Å². The van der Waals surface area contributed by atoms with Gasteiger partial charge in [0.2, 0.25) is 5.91 Å². The highest BCUT2D eigenvalue weighted by molar-refractivity contribution is 5.82. The lowest BCUT2D eigenvalue weighted by atomic mass is 9.85. The first-order valence-electron chi connectivity index (χ1n) is 6.92. The van der Waals surface area contributed by atoms with Crippen LogP contribution in [0.15, 0.2) is 0 Å². The van der Waals surface area contributed by atoms with Crippen molar-refractivity contribution >= 4 is 5.91 Å². The quantitative estimate of drug-likeness (QED) is 0.823. The zero-order chi connectivity index (χ0) is 13.1. The van der Waals surface area contributed by atoms with Crippen molar-refractivity contribution in [1.29, 1.82) is 0 Å². The van der Waals surface area contributed by atoms with Gasteiger partial charge in [-0.1, -0.05) is 34.1 Å². The molecule has 0 aromatic heterocycles. The molecule has 2 N–H and O–H groups in total. The summed E-state index contributed by atoms with van der Waals surface area (Å²) in [6.45, 7) is 10.5. The Labute approximate surface area is 106 Å². The monoisotopic (exact) mass is 240 g/mol. The minimum Gasteiger partial charge on any atom is -0.341 e. The summed E-state index contributed by atoms with van der Waals surface area (Å²) < 4.78 is 0. The van der Waals surface area contributed by atoms with E-state index in [0.717, 1.165) is 32.4 Å². The molecule has 0 aromatic rings. The van der Waals surface area contributed by atoms with Crippen molar-refractivity contribution in [2.45, 2.75) is 59.4 Å². The van der Waals surface area contributed by atoms with Crippen LogP contribution in [0.5, 0.6) is 0 Å². The summed E-state index contributed by atoms with van der Waals surface area (Å²) in [5, 5.41) is 0. The Bertz CT molecular complexity index is 263. The molecule has 1 amide bonds. The molecule has 1 aliphatic rings. The average Bonchev–Trinajstić information content (AvgIpc) is 2.47. The number of carbonyl (C=O) groups excluding carboxylic acids is 1. The van der Waals surface area contributed by atoms with Crippen molar-refractivity contribution in [3.05, 3.63) is 0 Å². The van der Waals surface area contributed by atoms with E-state index >= 15 is 0 Å². The van der Waals surface area contributed by atoms with Crippen LogP contribution in [0.25, 0.3) is 0 Å². The van der Waals surface area contributed by atoms with Crippen molar-refractivity contribution < 1.29 is 4.79 Å². The minimum atomic E-state index is -0.318. The van der Waals surface area contributed by atoms with Crippen LogP contribution in [0.3, 0.4) is 0 Å². The Morgan fingerprint density at radius 2 is 2.00 bits per heavy atom. The lowest BCUT2D eigenvalue weighted by molar-refractivity contribution is -0.133. The van der Waals surface area contributed by atoms with E-state index in [4.69, 9.17) is 5.73 Å². The fourth-order valence-corrected chi connectivity index (χ4v) is 2.35. The van der Waals surface area contributed by atoms with Crippen LogP contribution in [0.1, 0.15) is 53.4 Å². The van der Waals surface area contributed by atoms with Gasteiger partial charge in [-0.05, 0) is 30.6 Å². The summed E-state index contributed by atoms with van der Waals surface area (Å²) in [6.07, 6.45) is 4.36. The maximum absolute atomic E-state index is 12.3. The van der Waals surface area contributed by atoms with E-state index in [2.05, 4.69) is 27.7 Å². The molecule has 0 aliphatic carbocycles. The molecule has 17 heavy (non-hydrogen) atoms. The third-order valence-corrected chi connectivity index (χ3v) is 4.19. The van der Waals surface area contributed by atoms with Crippen LogP contribution in [0, 0.1) is 11.3 Å². The molecule has 0 radical (unpaired) electrons. The summed E-state index contributed by atoms with van der Waals surface area (Å²) in [5.41, 5.74) is 6.40. The minimum absolute atomic E-state index is 0.150. The second-order valence-electron chi connectivity index (χ2n) is 6.25. The smallest absolute Gasteiger partial charge is 0.239 e. The second-order valence-corrected chi connectivity index (χ2v) is 6.25. The lowest BCUT2D eigenvalue weighted by Gasteiger charge is -2.27. The third kappa shape index (κ3) is 3.98. The number of rotatable bonds is 3. The fourth-order valence-electron chi connectivity index (χ4n) is 2.35. The predicted octanol–water partition coefficient (Wildman–Crippen LogP) is 2.40. The van der Waals surface area contributed by atoms with E-state index in [1.54, 1.807) is 0 Å². The molecule has 2 unspecified atom stereocenters. The number of hydrogen-bond donors (Lipinski definition) is 1. The Morgan fingerprint density at radius 3 is 2.59 bits per heavy atom. The largest absolute Gasteiger partial charge is 0.341 e. The maximum Gasteiger partial charge on any atom is 0.239 e. The van der Waals surface area contributed by atoms with E-state index in [0.29, 0.717) is 5.41 Å². The van der Waals surface area contributed by atoms with Gasteiger partial charge in [0.1, 0.15) is 0 Å². The van der Waals surface area contributed by atoms with Gasteiger partial charge in [0, 0.05) is 13.1 Å². The van der Waals surface area contributed by atoms with Gasteiger partial charge in [0.15, 0.2) is 0 Å². The lowest BCUT2D eigenvalue weighted by Crippen LogP contribution is -2.47. The van der Waals surface area contributed by atoms with Gasteiger partial charge >= 0.3 is 0 Å². The predicted molar refractivity (Wildman–Crippen MR) is 71.6 cm³/mol. The fraction of sp³-hybridized carbons (Fsp3) is 0.929. The topological polar surface area (TPSA) is 46.3 Å². The van der Waals surface area contributed by atoms with Gasteiger partial charge in [0.05, 0.1) is 6.04 Å². The SMILES string of the molecule is CCC(C)C(N)C(=O)N1CCCC(C)(C)CC1. The molecule has 1 rings (SSSR count). The normalized spacial score (nSPS) is 23.9. The van der Waals surface area contributed by atoms with Crippen molar-refractivity contribution in [2.24, 2.45) is 17.1 Å². The van der Waals surface area contributed by atoms with Crippen molar-refractivity contribution in [2.75, 3.05) is 13.1 Å². The number of likely N-dealkylation sites (tertiary alicyclic amines) is 1. The van der Waals surface area contributed by atoms with Crippen LogP contribution in [-0.4, -0.2) is 29.9 Å². The van der Waals surface area contributed by atoms with Crippen LogP contribution in [0.2, 0.25) is 0 Å². The maximum atomic E-state index is 12.3.